The summed E-state index contributed by atoms with van der Waals surface area (Å²) in [5.74, 6) is 0.801. The standard InChI is InChI=1S/C14H14O2S2/c1-3-17-11-6-4-10(5-7-11)12-8-9-13(18-12)14(15)16-2/h4-9H,3H2,1-2H3. The van der Waals surface area contributed by atoms with Crippen molar-refractivity contribution >= 4 is 29.1 Å². The topological polar surface area (TPSA) is 26.3 Å². The van der Waals surface area contributed by atoms with Crippen molar-refractivity contribution in [2.24, 2.45) is 0 Å². The molecule has 2 nitrogen and oxygen atoms in total. The first kappa shape index (κ1) is 13.2. The van der Waals surface area contributed by atoms with Crippen LogP contribution in [0.3, 0.4) is 0 Å². The Balaban J connectivity index is 2.20. The van der Waals surface area contributed by atoms with E-state index >= 15 is 0 Å². The Morgan fingerprint density at radius 2 is 1.94 bits per heavy atom. The number of hydrogen-bond acceptors (Lipinski definition) is 4. The van der Waals surface area contributed by atoms with Crippen LogP contribution in [0.4, 0.5) is 0 Å². The molecule has 4 heteroatoms. The Morgan fingerprint density at radius 3 is 2.56 bits per heavy atom. The maximum absolute atomic E-state index is 11.4. The van der Waals surface area contributed by atoms with Gasteiger partial charge in [-0.15, -0.1) is 23.1 Å². The molecular weight excluding hydrogens is 264 g/mol. The fourth-order valence-corrected chi connectivity index (χ4v) is 3.18. The molecule has 0 aliphatic heterocycles. The van der Waals surface area contributed by atoms with Gasteiger partial charge in [0.15, 0.2) is 0 Å². The summed E-state index contributed by atoms with van der Waals surface area (Å²) in [7, 11) is 1.40. The fourth-order valence-electron chi connectivity index (χ4n) is 1.59. The van der Waals surface area contributed by atoms with Crippen molar-refractivity contribution in [3.63, 3.8) is 0 Å². The van der Waals surface area contributed by atoms with Crippen LogP contribution in [0, 0.1) is 0 Å². The number of carbonyl (C=O) groups excluding carboxylic acids is 1. The zero-order valence-corrected chi connectivity index (χ0v) is 11.9. The summed E-state index contributed by atoms with van der Waals surface area (Å²) in [6.45, 7) is 2.14. The summed E-state index contributed by atoms with van der Waals surface area (Å²) in [5, 5.41) is 0. The Hall–Kier alpha value is -1.26. The third kappa shape index (κ3) is 2.94. The number of esters is 1. The summed E-state index contributed by atoms with van der Waals surface area (Å²) in [4.78, 5) is 14.4. The number of thioether (sulfide) groups is 1. The summed E-state index contributed by atoms with van der Waals surface area (Å²) >= 11 is 3.28. The van der Waals surface area contributed by atoms with Crippen molar-refractivity contribution in [2.75, 3.05) is 12.9 Å². The van der Waals surface area contributed by atoms with Gasteiger partial charge in [-0.05, 0) is 35.6 Å². The van der Waals surface area contributed by atoms with E-state index < -0.39 is 0 Å². The molecule has 1 aromatic carbocycles. The molecule has 0 saturated carbocycles. The van der Waals surface area contributed by atoms with Gasteiger partial charge in [-0.25, -0.2) is 4.79 Å². The van der Waals surface area contributed by atoms with Gasteiger partial charge >= 0.3 is 5.97 Å². The maximum atomic E-state index is 11.4. The molecular formula is C14H14O2S2. The summed E-state index contributed by atoms with van der Waals surface area (Å²) in [6.07, 6.45) is 0. The fraction of sp³-hybridized carbons (Fsp3) is 0.214. The summed E-state index contributed by atoms with van der Waals surface area (Å²) in [5.41, 5.74) is 1.13. The molecule has 18 heavy (non-hydrogen) atoms. The first-order valence-electron chi connectivity index (χ1n) is 5.66. The van der Waals surface area contributed by atoms with Crippen molar-refractivity contribution in [3.05, 3.63) is 41.3 Å². The minimum atomic E-state index is -0.274. The van der Waals surface area contributed by atoms with Crippen LogP contribution >= 0.6 is 23.1 Å². The lowest BCUT2D eigenvalue weighted by atomic mass is 10.2. The Bertz CT molecular complexity index is 529. The molecule has 0 aliphatic carbocycles. The molecule has 0 spiro atoms. The van der Waals surface area contributed by atoms with Gasteiger partial charge in [0.2, 0.25) is 0 Å². The molecule has 2 aromatic rings. The first-order chi connectivity index (χ1) is 8.74. The summed E-state index contributed by atoms with van der Waals surface area (Å²) < 4.78 is 4.70. The van der Waals surface area contributed by atoms with Gasteiger partial charge in [0.05, 0.1) is 7.11 Å². The van der Waals surface area contributed by atoms with E-state index in [-0.39, 0.29) is 5.97 Å². The van der Waals surface area contributed by atoms with Crippen LogP contribution in [0.15, 0.2) is 41.3 Å². The van der Waals surface area contributed by atoms with Crippen molar-refractivity contribution in [1.82, 2.24) is 0 Å². The maximum Gasteiger partial charge on any atom is 0.348 e. The van der Waals surface area contributed by atoms with Crippen molar-refractivity contribution in [3.8, 4) is 10.4 Å². The molecule has 0 saturated heterocycles. The van der Waals surface area contributed by atoms with Gasteiger partial charge in [0, 0.05) is 9.77 Å². The van der Waals surface area contributed by atoms with Crippen LogP contribution in [-0.4, -0.2) is 18.8 Å². The lowest BCUT2D eigenvalue weighted by molar-refractivity contribution is 0.0606. The highest BCUT2D eigenvalue weighted by molar-refractivity contribution is 7.99. The van der Waals surface area contributed by atoms with Crippen LogP contribution in [-0.2, 0) is 4.74 Å². The Labute approximate surface area is 115 Å². The van der Waals surface area contributed by atoms with Gasteiger partial charge in [-0.2, -0.15) is 0 Å². The molecule has 0 radical (unpaired) electrons. The molecule has 0 N–H and O–H groups in total. The molecule has 1 heterocycles. The van der Waals surface area contributed by atoms with E-state index in [0.29, 0.717) is 4.88 Å². The first-order valence-corrected chi connectivity index (χ1v) is 7.46. The van der Waals surface area contributed by atoms with Gasteiger partial charge in [-0.1, -0.05) is 19.1 Å². The third-order valence-corrected chi connectivity index (χ3v) is 4.45. The number of rotatable bonds is 4. The second kappa shape index (κ2) is 6.07. The average Bonchev–Trinajstić information content (AvgIpc) is 2.89. The quantitative estimate of drug-likeness (QED) is 0.615. The zero-order chi connectivity index (χ0) is 13.0. The zero-order valence-electron chi connectivity index (χ0n) is 10.3. The summed E-state index contributed by atoms with van der Waals surface area (Å²) in [6, 6.07) is 12.2. The lowest BCUT2D eigenvalue weighted by Gasteiger charge is -2.00. The van der Waals surface area contributed by atoms with Crippen LogP contribution in [0.5, 0.6) is 0 Å². The van der Waals surface area contributed by atoms with E-state index in [1.807, 2.05) is 17.8 Å². The van der Waals surface area contributed by atoms with Crippen LogP contribution in [0.25, 0.3) is 10.4 Å². The molecule has 94 valence electrons. The van der Waals surface area contributed by atoms with Gasteiger partial charge < -0.3 is 4.74 Å². The second-order valence-corrected chi connectivity index (χ2v) is 6.03. The van der Waals surface area contributed by atoms with E-state index in [1.165, 1.54) is 23.3 Å². The number of ether oxygens (including phenoxy) is 1. The molecule has 2 rings (SSSR count). The molecule has 0 amide bonds. The van der Waals surface area contributed by atoms with E-state index in [0.717, 1.165) is 16.2 Å². The largest absolute Gasteiger partial charge is 0.465 e. The Morgan fingerprint density at radius 1 is 1.22 bits per heavy atom. The second-order valence-electron chi connectivity index (χ2n) is 3.61. The predicted molar refractivity (Wildman–Crippen MR) is 77.5 cm³/mol. The molecule has 1 aromatic heterocycles. The van der Waals surface area contributed by atoms with Gasteiger partial charge in [0.25, 0.3) is 0 Å². The number of thiophene rings is 1. The monoisotopic (exact) mass is 278 g/mol. The third-order valence-electron chi connectivity index (χ3n) is 2.44. The van der Waals surface area contributed by atoms with Crippen molar-refractivity contribution < 1.29 is 9.53 Å². The number of hydrogen-bond donors (Lipinski definition) is 0. The number of methoxy groups -OCH3 is 1. The van der Waals surface area contributed by atoms with E-state index in [9.17, 15) is 4.79 Å². The molecule has 0 atom stereocenters. The number of carbonyl (C=O) groups is 1. The van der Waals surface area contributed by atoms with Crippen molar-refractivity contribution in [2.45, 2.75) is 11.8 Å². The normalized spacial score (nSPS) is 10.3. The number of benzene rings is 1. The predicted octanol–water partition coefficient (Wildman–Crippen LogP) is 4.31. The highest BCUT2D eigenvalue weighted by atomic mass is 32.2. The smallest absolute Gasteiger partial charge is 0.348 e. The van der Waals surface area contributed by atoms with Crippen LogP contribution in [0.2, 0.25) is 0 Å². The molecule has 0 unspecified atom stereocenters. The highest BCUT2D eigenvalue weighted by Gasteiger charge is 2.09. The van der Waals surface area contributed by atoms with E-state index in [2.05, 4.69) is 31.2 Å². The van der Waals surface area contributed by atoms with Gasteiger partial charge in [0.1, 0.15) is 4.88 Å². The SMILES string of the molecule is CCSc1ccc(-c2ccc(C(=O)OC)s2)cc1. The Kier molecular flexibility index (Phi) is 4.44. The highest BCUT2D eigenvalue weighted by Crippen LogP contribution is 2.30. The van der Waals surface area contributed by atoms with Crippen LogP contribution in [0.1, 0.15) is 16.6 Å². The lowest BCUT2D eigenvalue weighted by Crippen LogP contribution is -1.96. The minimum Gasteiger partial charge on any atom is -0.465 e. The van der Waals surface area contributed by atoms with E-state index in [4.69, 9.17) is 4.74 Å². The van der Waals surface area contributed by atoms with Gasteiger partial charge in [-0.3, -0.25) is 0 Å². The van der Waals surface area contributed by atoms with E-state index in [1.54, 1.807) is 6.07 Å². The molecule has 0 aliphatic rings. The average molecular weight is 278 g/mol. The molecule has 0 bridgehead atoms. The van der Waals surface area contributed by atoms with Crippen LogP contribution < -0.4 is 0 Å². The molecule has 0 fully saturated rings. The minimum absolute atomic E-state index is 0.274. The van der Waals surface area contributed by atoms with Crippen molar-refractivity contribution in [1.29, 1.82) is 0 Å².